The summed E-state index contributed by atoms with van der Waals surface area (Å²) in [6, 6.07) is 3.13. The van der Waals surface area contributed by atoms with Crippen molar-refractivity contribution in [2.24, 2.45) is 0 Å². The molecule has 2 fully saturated rings. The smallest absolute Gasteiger partial charge is 0.267 e. The van der Waals surface area contributed by atoms with Crippen molar-refractivity contribution in [3.63, 3.8) is 0 Å². The summed E-state index contributed by atoms with van der Waals surface area (Å²) in [4.78, 5) is 25.8. The molecule has 142 valence electrons. The number of nitrogens with one attached hydrogen (secondary N) is 1. The van der Waals surface area contributed by atoms with Crippen LogP contribution in [0.4, 0.5) is 0 Å². The number of amides is 1. The number of nitrogens with zero attached hydrogens (tertiary/aromatic N) is 3. The van der Waals surface area contributed by atoms with Crippen molar-refractivity contribution < 1.29 is 4.79 Å². The van der Waals surface area contributed by atoms with E-state index in [0.717, 1.165) is 76.6 Å². The summed E-state index contributed by atoms with van der Waals surface area (Å²) in [5.74, 6) is 0.191. The Morgan fingerprint density at radius 3 is 2.46 bits per heavy atom. The zero-order valence-electron chi connectivity index (χ0n) is 15.7. The van der Waals surface area contributed by atoms with Gasteiger partial charge in [0.25, 0.3) is 5.56 Å². The summed E-state index contributed by atoms with van der Waals surface area (Å²) >= 11 is 0. The molecule has 1 amide bonds. The molecule has 3 aliphatic rings. The highest BCUT2D eigenvalue weighted by molar-refractivity contribution is 5.73. The Kier molecular flexibility index (Phi) is 5.11. The van der Waals surface area contributed by atoms with E-state index in [9.17, 15) is 9.59 Å². The van der Waals surface area contributed by atoms with Crippen LogP contribution in [0.1, 0.15) is 69.2 Å². The summed E-state index contributed by atoms with van der Waals surface area (Å²) in [7, 11) is 0. The van der Waals surface area contributed by atoms with E-state index in [1.807, 2.05) is 11.0 Å². The molecule has 1 saturated carbocycles. The monoisotopic (exact) mass is 358 g/mol. The standard InChI is InChI=1S/C20H30N4O2/c1-14(25)23-11-9-17(10-12-23)21-16-5-7-18(8-6-16)24-20(26)13-15-3-2-4-19(15)22-24/h13,16-18,21H,2-12H2,1H3. The van der Waals surface area contributed by atoms with Gasteiger partial charge in [0.2, 0.25) is 5.91 Å². The van der Waals surface area contributed by atoms with E-state index in [0.29, 0.717) is 12.1 Å². The van der Waals surface area contributed by atoms with Gasteiger partial charge in [-0.15, -0.1) is 0 Å². The van der Waals surface area contributed by atoms with Crippen LogP contribution in [0, 0.1) is 0 Å². The molecule has 0 spiro atoms. The second kappa shape index (κ2) is 7.51. The second-order valence-corrected chi connectivity index (χ2v) is 8.21. The van der Waals surface area contributed by atoms with E-state index >= 15 is 0 Å². The molecule has 26 heavy (non-hydrogen) atoms. The molecule has 2 aliphatic carbocycles. The summed E-state index contributed by atoms with van der Waals surface area (Å²) in [6.07, 6.45) is 9.50. The molecule has 0 atom stereocenters. The highest BCUT2D eigenvalue weighted by Gasteiger charge is 2.28. The van der Waals surface area contributed by atoms with Crippen LogP contribution in [-0.2, 0) is 17.6 Å². The van der Waals surface area contributed by atoms with Gasteiger partial charge < -0.3 is 10.2 Å². The highest BCUT2D eigenvalue weighted by atomic mass is 16.2. The Bertz CT molecular complexity index is 713. The predicted molar refractivity (Wildman–Crippen MR) is 100 cm³/mol. The van der Waals surface area contributed by atoms with Crippen LogP contribution < -0.4 is 10.9 Å². The minimum atomic E-state index is 0.0821. The molecule has 1 aromatic rings. The van der Waals surface area contributed by atoms with Crippen LogP contribution >= 0.6 is 0 Å². The lowest BCUT2D eigenvalue weighted by molar-refractivity contribution is -0.129. The normalized spacial score (nSPS) is 26.7. The zero-order chi connectivity index (χ0) is 18.1. The number of piperidine rings is 1. The minimum absolute atomic E-state index is 0.0821. The summed E-state index contributed by atoms with van der Waals surface area (Å²) in [5, 5.41) is 8.49. The van der Waals surface area contributed by atoms with E-state index in [1.165, 1.54) is 5.56 Å². The van der Waals surface area contributed by atoms with Gasteiger partial charge >= 0.3 is 0 Å². The maximum atomic E-state index is 12.4. The number of aryl methyl sites for hydroxylation is 2. The van der Waals surface area contributed by atoms with Crippen LogP contribution in [0.15, 0.2) is 10.9 Å². The molecule has 0 aromatic carbocycles. The molecule has 6 nitrogen and oxygen atoms in total. The van der Waals surface area contributed by atoms with Gasteiger partial charge in [0, 0.05) is 38.2 Å². The van der Waals surface area contributed by atoms with Crippen molar-refractivity contribution in [2.75, 3.05) is 13.1 Å². The van der Waals surface area contributed by atoms with Gasteiger partial charge in [0.05, 0.1) is 11.7 Å². The molecule has 1 N–H and O–H groups in total. The van der Waals surface area contributed by atoms with Gasteiger partial charge in [-0.1, -0.05) is 0 Å². The van der Waals surface area contributed by atoms with Gasteiger partial charge in [-0.2, -0.15) is 5.10 Å². The fraction of sp³-hybridized carbons (Fsp3) is 0.750. The summed E-state index contributed by atoms with van der Waals surface area (Å²) in [6.45, 7) is 3.40. The predicted octanol–water partition coefficient (Wildman–Crippen LogP) is 1.82. The maximum Gasteiger partial charge on any atom is 0.267 e. The molecule has 1 aromatic heterocycles. The molecule has 1 saturated heterocycles. The third-order valence-electron chi connectivity index (χ3n) is 6.44. The van der Waals surface area contributed by atoms with Crippen LogP contribution in [0.3, 0.4) is 0 Å². The van der Waals surface area contributed by atoms with Crippen molar-refractivity contribution in [3.05, 3.63) is 27.7 Å². The molecule has 0 unspecified atom stereocenters. The SMILES string of the molecule is CC(=O)N1CCC(NC2CCC(n3nc4c(cc3=O)CCC4)CC2)CC1. The third-order valence-corrected chi connectivity index (χ3v) is 6.44. The molecule has 4 rings (SSSR count). The van der Waals surface area contributed by atoms with Gasteiger partial charge in [-0.25, -0.2) is 4.68 Å². The number of hydrogen-bond acceptors (Lipinski definition) is 4. The maximum absolute atomic E-state index is 12.4. The van der Waals surface area contributed by atoms with Crippen molar-refractivity contribution >= 4 is 5.91 Å². The van der Waals surface area contributed by atoms with E-state index in [-0.39, 0.29) is 17.5 Å². The Morgan fingerprint density at radius 2 is 1.77 bits per heavy atom. The Morgan fingerprint density at radius 1 is 1.08 bits per heavy atom. The minimum Gasteiger partial charge on any atom is -0.343 e. The average molecular weight is 358 g/mol. The zero-order valence-corrected chi connectivity index (χ0v) is 15.7. The number of hydrogen-bond donors (Lipinski definition) is 1. The third kappa shape index (κ3) is 3.70. The van der Waals surface area contributed by atoms with Crippen LogP contribution in [0.5, 0.6) is 0 Å². The second-order valence-electron chi connectivity index (χ2n) is 8.21. The van der Waals surface area contributed by atoms with Crippen LogP contribution in [0.2, 0.25) is 0 Å². The van der Waals surface area contributed by atoms with Crippen LogP contribution in [-0.4, -0.2) is 45.8 Å². The Balaban J connectivity index is 1.30. The molecule has 1 aliphatic heterocycles. The fourth-order valence-corrected chi connectivity index (χ4v) is 4.86. The van der Waals surface area contributed by atoms with E-state index in [1.54, 1.807) is 11.6 Å². The van der Waals surface area contributed by atoms with Crippen molar-refractivity contribution in [1.29, 1.82) is 0 Å². The van der Waals surface area contributed by atoms with E-state index < -0.39 is 0 Å². The number of likely N-dealkylation sites (tertiary alicyclic amines) is 1. The van der Waals surface area contributed by atoms with Gasteiger partial charge in [0.1, 0.15) is 0 Å². The molecule has 0 bridgehead atoms. The first-order valence-electron chi connectivity index (χ1n) is 10.2. The molecular weight excluding hydrogens is 328 g/mol. The quantitative estimate of drug-likeness (QED) is 0.895. The number of carbonyl (C=O) groups excluding carboxylic acids is 1. The average Bonchev–Trinajstić information content (AvgIpc) is 3.09. The fourth-order valence-electron chi connectivity index (χ4n) is 4.86. The Labute approximate surface area is 155 Å². The largest absolute Gasteiger partial charge is 0.343 e. The van der Waals surface area contributed by atoms with Gasteiger partial charge in [-0.3, -0.25) is 9.59 Å². The Hall–Kier alpha value is -1.69. The summed E-state index contributed by atoms with van der Waals surface area (Å²) < 4.78 is 1.77. The number of rotatable bonds is 3. The van der Waals surface area contributed by atoms with Crippen molar-refractivity contribution in [2.45, 2.75) is 82.8 Å². The molecule has 6 heteroatoms. The number of fused-ring (bicyclic) bond motifs is 1. The lowest BCUT2D eigenvalue weighted by atomic mass is 9.90. The van der Waals surface area contributed by atoms with Crippen molar-refractivity contribution in [3.8, 4) is 0 Å². The number of carbonyl (C=O) groups is 1. The van der Waals surface area contributed by atoms with Gasteiger partial charge in [-0.05, 0) is 63.4 Å². The lowest BCUT2D eigenvalue weighted by Crippen LogP contribution is -2.48. The first-order valence-corrected chi connectivity index (χ1v) is 10.2. The highest BCUT2D eigenvalue weighted by Crippen LogP contribution is 2.29. The lowest BCUT2D eigenvalue weighted by Gasteiger charge is -2.36. The first kappa shape index (κ1) is 17.7. The van der Waals surface area contributed by atoms with Gasteiger partial charge in [0.15, 0.2) is 0 Å². The van der Waals surface area contributed by atoms with E-state index in [2.05, 4.69) is 10.4 Å². The molecule has 2 heterocycles. The topological polar surface area (TPSA) is 67.2 Å². The summed E-state index contributed by atoms with van der Waals surface area (Å²) in [5.41, 5.74) is 2.39. The molecular formula is C20H30N4O2. The van der Waals surface area contributed by atoms with Crippen LogP contribution in [0.25, 0.3) is 0 Å². The number of aromatic nitrogens is 2. The molecule has 0 radical (unpaired) electrons. The van der Waals surface area contributed by atoms with Crippen molar-refractivity contribution in [1.82, 2.24) is 20.0 Å². The first-order chi connectivity index (χ1) is 12.6. The van der Waals surface area contributed by atoms with E-state index in [4.69, 9.17) is 0 Å².